The molecule has 1 saturated carbocycles. The van der Waals surface area contributed by atoms with E-state index in [-0.39, 0.29) is 12.3 Å². The number of carbonyl (C=O) groups excluding carboxylic acids is 1. The normalized spacial score (nSPS) is 22.9. The van der Waals surface area contributed by atoms with Gasteiger partial charge in [-0.15, -0.1) is 0 Å². The largest absolute Gasteiger partial charge is 0.477 e. The predicted octanol–water partition coefficient (Wildman–Crippen LogP) is 5.03. The lowest BCUT2D eigenvalue weighted by Gasteiger charge is -2.18. The third-order valence-corrected chi connectivity index (χ3v) is 5.52. The lowest BCUT2D eigenvalue weighted by molar-refractivity contribution is -0.181. The van der Waals surface area contributed by atoms with Gasteiger partial charge in [0.15, 0.2) is 0 Å². The molecular formula is C20H35FO4. The number of ketones is 1. The Kier molecular flexibility index (Phi) is 10.2. The van der Waals surface area contributed by atoms with E-state index < -0.39 is 11.8 Å². The van der Waals surface area contributed by atoms with E-state index in [0.717, 1.165) is 25.7 Å². The summed E-state index contributed by atoms with van der Waals surface area (Å²) in [5, 5.41) is 17.6. The highest BCUT2D eigenvalue weighted by atomic mass is 19.2. The van der Waals surface area contributed by atoms with Crippen molar-refractivity contribution >= 4 is 11.8 Å². The number of rotatable bonds is 14. The molecule has 1 aliphatic rings. The number of unbranched alkanes of at least 4 members (excludes halogenated alkanes) is 7. The van der Waals surface area contributed by atoms with Crippen molar-refractivity contribution < 1.29 is 24.2 Å². The Bertz CT molecular complexity index is 409. The zero-order chi connectivity index (χ0) is 18.7. The van der Waals surface area contributed by atoms with Crippen LogP contribution in [0.4, 0.5) is 4.39 Å². The van der Waals surface area contributed by atoms with Gasteiger partial charge in [-0.05, 0) is 31.6 Å². The molecular weight excluding hydrogens is 323 g/mol. The van der Waals surface area contributed by atoms with Crippen molar-refractivity contribution in [1.29, 1.82) is 0 Å². The van der Waals surface area contributed by atoms with Crippen LogP contribution in [0.25, 0.3) is 0 Å². The highest BCUT2D eigenvalue weighted by Gasteiger charge is 2.35. The van der Waals surface area contributed by atoms with E-state index in [2.05, 4.69) is 6.92 Å². The second kappa shape index (κ2) is 11.6. The van der Waals surface area contributed by atoms with Crippen LogP contribution in [0.15, 0.2) is 0 Å². The van der Waals surface area contributed by atoms with Crippen molar-refractivity contribution in [2.75, 3.05) is 0 Å². The van der Waals surface area contributed by atoms with Crippen LogP contribution in [0.3, 0.4) is 0 Å². The van der Waals surface area contributed by atoms with Gasteiger partial charge in [0.25, 0.3) is 0 Å². The fraction of sp³-hybridized carbons (Fsp3) is 0.900. The van der Waals surface area contributed by atoms with Gasteiger partial charge >= 0.3 is 11.8 Å². The maximum Gasteiger partial charge on any atom is 0.369 e. The monoisotopic (exact) mass is 358 g/mol. The fourth-order valence-electron chi connectivity index (χ4n) is 3.91. The minimum absolute atomic E-state index is 0.138. The van der Waals surface area contributed by atoms with Crippen LogP contribution >= 0.6 is 0 Å². The molecule has 3 atom stereocenters. The Morgan fingerprint density at radius 2 is 1.68 bits per heavy atom. The van der Waals surface area contributed by atoms with Crippen molar-refractivity contribution in [2.24, 2.45) is 11.8 Å². The highest BCUT2D eigenvalue weighted by Crippen LogP contribution is 2.36. The van der Waals surface area contributed by atoms with Gasteiger partial charge in [0, 0.05) is 18.8 Å². The van der Waals surface area contributed by atoms with Crippen molar-refractivity contribution in [3.05, 3.63) is 0 Å². The summed E-state index contributed by atoms with van der Waals surface area (Å²) in [6, 6.07) is 0. The van der Waals surface area contributed by atoms with E-state index >= 15 is 0 Å². The summed E-state index contributed by atoms with van der Waals surface area (Å²) >= 11 is 0. The van der Waals surface area contributed by atoms with E-state index in [4.69, 9.17) is 10.2 Å². The van der Waals surface area contributed by atoms with E-state index in [1.807, 2.05) is 0 Å². The fourth-order valence-corrected chi connectivity index (χ4v) is 3.91. The van der Waals surface area contributed by atoms with Gasteiger partial charge < -0.3 is 10.2 Å². The molecule has 1 aliphatic carbocycles. The molecule has 0 aromatic heterocycles. The second-order valence-corrected chi connectivity index (χ2v) is 7.59. The molecule has 25 heavy (non-hydrogen) atoms. The summed E-state index contributed by atoms with van der Waals surface area (Å²) in [6.45, 7) is 2.21. The number of alkyl halides is 1. The molecule has 2 N–H and O–H groups in total. The Morgan fingerprint density at radius 3 is 2.36 bits per heavy atom. The number of aliphatic hydroxyl groups is 1. The Hall–Kier alpha value is -0.970. The van der Waals surface area contributed by atoms with Gasteiger partial charge in [-0.1, -0.05) is 58.3 Å². The number of carboxylic acid groups (broad SMARTS) is 1. The van der Waals surface area contributed by atoms with E-state index in [9.17, 15) is 14.0 Å². The molecule has 0 aromatic rings. The van der Waals surface area contributed by atoms with Gasteiger partial charge in [-0.2, -0.15) is 4.39 Å². The molecule has 5 heteroatoms. The molecule has 4 nitrogen and oxygen atoms in total. The first-order valence-corrected chi connectivity index (χ1v) is 10.1. The molecule has 0 spiro atoms. The number of carbonyl (C=O) groups is 2. The van der Waals surface area contributed by atoms with Crippen molar-refractivity contribution in [3.8, 4) is 0 Å². The van der Waals surface area contributed by atoms with Crippen molar-refractivity contribution in [1.82, 2.24) is 0 Å². The van der Waals surface area contributed by atoms with E-state index in [1.54, 1.807) is 0 Å². The molecule has 1 unspecified atom stereocenters. The molecule has 0 bridgehead atoms. The predicted molar refractivity (Wildman–Crippen MR) is 96.0 cm³/mol. The molecule has 0 heterocycles. The van der Waals surface area contributed by atoms with Crippen LogP contribution in [-0.2, 0) is 9.59 Å². The van der Waals surface area contributed by atoms with Crippen LogP contribution in [0, 0.1) is 11.8 Å². The molecule has 1 rings (SSSR count). The van der Waals surface area contributed by atoms with Crippen LogP contribution < -0.4 is 0 Å². The number of carboxylic acids is 1. The average molecular weight is 358 g/mol. The summed E-state index contributed by atoms with van der Waals surface area (Å²) in [7, 11) is 0. The van der Waals surface area contributed by atoms with Crippen LogP contribution in [-0.4, -0.2) is 27.8 Å². The molecule has 1 fully saturated rings. The van der Waals surface area contributed by atoms with Gasteiger partial charge in [0.05, 0.1) is 0 Å². The molecule has 0 radical (unpaired) electrons. The number of hydrogen-bond acceptors (Lipinski definition) is 3. The first-order valence-electron chi connectivity index (χ1n) is 10.1. The maximum atomic E-state index is 13.2. The van der Waals surface area contributed by atoms with E-state index in [0.29, 0.717) is 31.0 Å². The summed E-state index contributed by atoms with van der Waals surface area (Å²) in [6.07, 6.45) is 12.6. The number of hydrogen-bond donors (Lipinski definition) is 2. The van der Waals surface area contributed by atoms with Crippen LogP contribution in [0.2, 0.25) is 0 Å². The first kappa shape index (κ1) is 22.1. The Balaban J connectivity index is 2.19. The lowest BCUT2D eigenvalue weighted by Crippen LogP contribution is -2.32. The zero-order valence-corrected chi connectivity index (χ0v) is 15.6. The Morgan fingerprint density at radius 1 is 1.08 bits per heavy atom. The van der Waals surface area contributed by atoms with Crippen molar-refractivity contribution in [2.45, 2.75) is 103 Å². The highest BCUT2D eigenvalue weighted by molar-refractivity contribution is 5.83. The lowest BCUT2D eigenvalue weighted by atomic mass is 9.86. The Labute approximate surface area is 151 Å². The minimum atomic E-state index is -3.12. The number of halogens is 1. The van der Waals surface area contributed by atoms with Crippen LogP contribution in [0.5, 0.6) is 0 Å². The maximum absolute atomic E-state index is 13.2. The molecule has 0 amide bonds. The topological polar surface area (TPSA) is 74.6 Å². The van der Waals surface area contributed by atoms with E-state index in [1.165, 1.54) is 38.5 Å². The van der Waals surface area contributed by atoms with Crippen molar-refractivity contribution in [3.63, 3.8) is 0 Å². The number of Topliss-reactive ketones (excluding diaryl/α,β-unsaturated/α-hetero) is 1. The van der Waals surface area contributed by atoms with Crippen LogP contribution in [0.1, 0.15) is 96.8 Å². The summed E-state index contributed by atoms with van der Waals surface area (Å²) < 4.78 is 13.2. The molecule has 0 aliphatic heterocycles. The third-order valence-electron chi connectivity index (χ3n) is 5.52. The zero-order valence-electron chi connectivity index (χ0n) is 15.6. The number of aliphatic carboxylic acids is 1. The molecule has 0 saturated heterocycles. The van der Waals surface area contributed by atoms with Gasteiger partial charge in [-0.3, -0.25) is 4.79 Å². The SMILES string of the molecule is CCCCCCCC[C@H]1CCC(=O)[C@@H]1CCCCCC(O)(F)C(=O)O. The average Bonchev–Trinajstić information content (AvgIpc) is 2.90. The first-order chi connectivity index (χ1) is 11.9. The minimum Gasteiger partial charge on any atom is -0.477 e. The van der Waals surface area contributed by atoms with Gasteiger partial charge in [-0.25, -0.2) is 4.79 Å². The summed E-state index contributed by atoms with van der Waals surface area (Å²) in [5.41, 5.74) is 0. The summed E-state index contributed by atoms with van der Waals surface area (Å²) in [4.78, 5) is 22.6. The van der Waals surface area contributed by atoms with Gasteiger partial charge in [0.1, 0.15) is 5.78 Å². The standard InChI is InChI=1S/C20H35FO4/c1-2-3-4-5-6-8-11-16-13-14-18(22)17(16)12-9-7-10-15-20(21,25)19(23)24/h16-17,25H,2-15H2,1H3,(H,23,24)/t16-,17+,20?/m0/s1. The summed E-state index contributed by atoms with van der Waals surface area (Å²) in [5.74, 6) is -3.94. The third kappa shape index (κ3) is 8.30. The van der Waals surface area contributed by atoms with Gasteiger partial charge in [0.2, 0.25) is 0 Å². The quantitative estimate of drug-likeness (QED) is 0.427. The smallest absolute Gasteiger partial charge is 0.369 e. The molecule has 0 aromatic carbocycles. The second-order valence-electron chi connectivity index (χ2n) is 7.59. The molecule has 146 valence electrons.